The van der Waals surface area contributed by atoms with Crippen molar-refractivity contribution in [2.24, 2.45) is 0 Å². The number of benzene rings is 2. The molecular weight excluding hydrogens is 407 g/mol. The van der Waals surface area contributed by atoms with Crippen molar-refractivity contribution < 1.29 is 13.9 Å². The number of nitrogens with one attached hydrogen (secondary N) is 1. The SMILES string of the molecule is COC1(c2cc3c(N[C@H](C)c4cccc(C#N)c4C)nnc(C)c3cc2F)CCOCC1. The van der Waals surface area contributed by atoms with Gasteiger partial charge in [-0.05, 0) is 50.1 Å². The number of fused-ring (bicyclic) bond motifs is 1. The maximum atomic E-state index is 15.3. The van der Waals surface area contributed by atoms with Gasteiger partial charge in [0.05, 0.1) is 29.0 Å². The van der Waals surface area contributed by atoms with Crippen LogP contribution in [-0.4, -0.2) is 30.5 Å². The van der Waals surface area contributed by atoms with E-state index in [9.17, 15) is 5.26 Å². The predicted octanol–water partition coefficient (Wildman–Crippen LogP) is 5.08. The van der Waals surface area contributed by atoms with Crippen LogP contribution in [-0.2, 0) is 15.1 Å². The van der Waals surface area contributed by atoms with Crippen LogP contribution in [0.1, 0.15) is 53.8 Å². The minimum Gasteiger partial charge on any atom is -0.381 e. The second-order valence-electron chi connectivity index (χ2n) is 8.32. The zero-order chi connectivity index (χ0) is 22.9. The lowest BCUT2D eigenvalue weighted by atomic mass is 9.84. The Balaban J connectivity index is 1.80. The second-order valence-corrected chi connectivity index (χ2v) is 8.32. The first-order valence-corrected chi connectivity index (χ1v) is 10.8. The first-order chi connectivity index (χ1) is 15.4. The minimum atomic E-state index is -0.728. The van der Waals surface area contributed by atoms with Crippen LogP contribution in [0.3, 0.4) is 0 Å². The van der Waals surface area contributed by atoms with E-state index in [2.05, 4.69) is 21.6 Å². The number of hydrogen-bond acceptors (Lipinski definition) is 6. The van der Waals surface area contributed by atoms with E-state index in [4.69, 9.17) is 9.47 Å². The van der Waals surface area contributed by atoms with Crippen LogP contribution in [0.4, 0.5) is 10.2 Å². The van der Waals surface area contributed by atoms with Crippen molar-refractivity contribution >= 4 is 16.6 Å². The molecule has 4 rings (SSSR count). The monoisotopic (exact) mass is 434 g/mol. The fraction of sp³-hybridized carbons (Fsp3) is 0.400. The van der Waals surface area contributed by atoms with Crippen LogP contribution in [0.5, 0.6) is 0 Å². The molecule has 0 saturated carbocycles. The highest BCUT2D eigenvalue weighted by molar-refractivity contribution is 5.94. The summed E-state index contributed by atoms with van der Waals surface area (Å²) in [5, 5.41) is 22.9. The summed E-state index contributed by atoms with van der Waals surface area (Å²) in [4.78, 5) is 0. The fourth-order valence-corrected chi connectivity index (χ4v) is 4.57. The molecular formula is C25H27FN4O2. The molecule has 166 valence electrons. The number of ether oxygens (including phenoxy) is 2. The number of aromatic nitrogens is 2. The fourth-order valence-electron chi connectivity index (χ4n) is 4.57. The van der Waals surface area contributed by atoms with Crippen LogP contribution in [0.15, 0.2) is 30.3 Å². The molecule has 32 heavy (non-hydrogen) atoms. The third-order valence-electron chi connectivity index (χ3n) is 6.55. The van der Waals surface area contributed by atoms with Crippen molar-refractivity contribution in [1.82, 2.24) is 10.2 Å². The number of aryl methyl sites for hydroxylation is 1. The summed E-state index contributed by atoms with van der Waals surface area (Å²) in [6.07, 6.45) is 1.17. The average Bonchev–Trinajstić information content (AvgIpc) is 2.81. The highest BCUT2D eigenvalue weighted by atomic mass is 19.1. The quantitative estimate of drug-likeness (QED) is 0.603. The molecule has 1 atom stereocenters. The van der Waals surface area contributed by atoms with Gasteiger partial charge in [0.2, 0.25) is 0 Å². The Kier molecular flexibility index (Phi) is 6.09. The normalized spacial score (nSPS) is 16.5. The van der Waals surface area contributed by atoms with Gasteiger partial charge in [0.15, 0.2) is 5.82 Å². The first-order valence-electron chi connectivity index (χ1n) is 10.8. The molecule has 0 unspecified atom stereocenters. The van der Waals surface area contributed by atoms with Gasteiger partial charge < -0.3 is 14.8 Å². The molecule has 1 N–H and O–H groups in total. The van der Waals surface area contributed by atoms with Crippen LogP contribution < -0.4 is 5.32 Å². The molecule has 0 amide bonds. The zero-order valence-corrected chi connectivity index (χ0v) is 18.8. The molecule has 7 heteroatoms. The van der Waals surface area contributed by atoms with Crippen molar-refractivity contribution in [2.45, 2.75) is 45.3 Å². The summed E-state index contributed by atoms with van der Waals surface area (Å²) < 4.78 is 26.6. The third-order valence-corrected chi connectivity index (χ3v) is 6.55. The average molecular weight is 435 g/mol. The Bertz CT molecular complexity index is 1200. The van der Waals surface area contributed by atoms with Crippen molar-refractivity contribution in [3.05, 3.63) is 64.1 Å². The van der Waals surface area contributed by atoms with E-state index in [1.807, 2.05) is 39.0 Å². The topological polar surface area (TPSA) is 80.1 Å². The van der Waals surface area contributed by atoms with Crippen LogP contribution in [0.2, 0.25) is 0 Å². The standard InChI is InChI=1S/C25H27FN4O2/c1-15-18(14-27)6-5-7-19(15)16(2)28-24-21-12-22(25(31-4)8-10-32-11-9-25)23(26)13-20(21)17(3)29-30-24/h5-7,12-13,16H,8-11H2,1-4H3,(H,28,30)/t16-/m1/s1. The third kappa shape index (κ3) is 3.81. The smallest absolute Gasteiger partial charge is 0.157 e. The Morgan fingerprint density at radius 1 is 1.19 bits per heavy atom. The maximum absolute atomic E-state index is 15.3. The van der Waals surface area contributed by atoms with E-state index < -0.39 is 5.60 Å². The molecule has 1 aromatic heterocycles. The van der Waals surface area contributed by atoms with E-state index in [-0.39, 0.29) is 11.9 Å². The summed E-state index contributed by atoms with van der Waals surface area (Å²) in [6.45, 7) is 6.82. The lowest BCUT2D eigenvalue weighted by molar-refractivity contribution is -0.0964. The van der Waals surface area contributed by atoms with Crippen molar-refractivity contribution in [3.8, 4) is 6.07 Å². The number of nitriles is 1. The summed E-state index contributed by atoms with van der Waals surface area (Å²) in [7, 11) is 1.62. The number of hydrogen-bond donors (Lipinski definition) is 1. The van der Waals surface area contributed by atoms with Gasteiger partial charge in [0, 0.05) is 49.5 Å². The number of rotatable bonds is 5. The Morgan fingerprint density at radius 3 is 2.62 bits per heavy atom. The number of anilines is 1. The van der Waals surface area contributed by atoms with Gasteiger partial charge >= 0.3 is 0 Å². The lowest BCUT2D eigenvalue weighted by Crippen LogP contribution is -2.36. The summed E-state index contributed by atoms with van der Waals surface area (Å²) in [5.74, 6) is 0.258. The van der Waals surface area contributed by atoms with Crippen LogP contribution in [0, 0.1) is 31.0 Å². The van der Waals surface area contributed by atoms with Crippen molar-refractivity contribution in [1.29, 1.82) is 5.26 Å². The summed E-state index contributed by atoms with van der Waals surface area (Å²) >= 11 is 0. The van der Waals surface area contributed by atoms with Gasteiger partial charge in [-0.3, -0.25) is 0 Å². The molecule has 1 aliphatic rings. The van der Waals surface area contributed by atoms with Gasteiger partial charge in [-0.25, -0.2) is 4.39 Å². The molecule has 3 aromatic rings. The summed E-state index contributed by atoms with van der Waals surface area (Å²) in [6, 6.07) is 11.1. The minimum absolute atomic E-state index is 0.128. The van der Waals surface area contributed by atoms with Gasteiger partial charge in [0.1, 0.15) is 5.82 Å². The number of halogens is 1. The molecule has 2 aromatic carbocycles. The Morgan fingerprint density at radius 2 is 1.94 bits per heavy atom. The molecule has 0 aliphatic carbocycles. The van der Waals surface area contributed by atoms with Gasteiger partial charge in [-0.1, -0.05) is 12.1 Å². The van der Waals surface area contributed by atoms with Crippen LogP contribution >= 0.6 is 0 Å². The lowest BCUT2D eigenvalue weighted by Gasteiger charge is -2.36. The van der Waals surface area contributed by atoms with E-state index in [0.29, 0.717) is 54.1 Å². The number of nitrogens with zero attached hydrogens (tertiary/aromatic N) is 3. The molecule has 0 radical (unpaired) electrons. The van der Waals surface area contributed by atoms with E-state index >= 15 is 4.39 Å². The number of methoxy groups -OCH3 is 1. The first kappa shape index (κ1) is 22.1. The molecule has 0 bridgehead atoms. The highest BCUT2D eigenvalue weighted by Crippen LogP contribution is 2.40. The molecule has 0 spiro atoms. The van der Waals surface area contributed by atoms with Gasteiger partial charge in [-0.15, -0.1) is 5.10 Å². The van der Waals surface area contributed by atoms with E-state index in [1.54, 1.807) is 13.2 Å². The zero-order valence-electron chi connectivity index (χ0n) is 18.8. The van der Waals surface area contributed by atoms with Crippen molar-refractivity contribution in [2.75, 3.05) is 25.6 Å². The largest absolute Gasteiger partial charge is 0.381 e. The molecule has 1 aliphatic heterocycles. The van der Waals surface area contributed by atoms with Crippen molar-refractivity contribution in [3.63, 3.8) is 0 Å². The van der Waals surface area contributed by atoms with E-state index in [1.165, 1.54) is 6.07 Å². The highest BCUT2D eigenvalue weighted by Gasteiger charge is 2.37. The maximum Gasteiger partial charge on any atom is 0.157 e. The molecule has 1 fully saturated rings. The van der Waals surface area contributed by atoms with Crippen LogP contribution in [0.25, 0.3) is 10.8 Å². The van der Waals surface area contributed by atoms with Gasteiger partial charge in [0.25, 0.3) is 0 Å². The van der Waals surface area contributed by atoms with Gasteiger partial charge in [-0.2, -0.15) is 10.4 Å². The summed E-state index contributed by atoms with van der Waals surface area (Å²) in [5.41, 5.74) is 3.01. The molecule has 6 nitrogen and oxygen atoms in total. The molecule has 2 heterocycles. The second kappa shape index (κ2) is 8.81. The predicted molar refractivity (Wildman–Crippen MR) is 121 cm³/mol. The van der Waals surface area contributed by atoms with E-state index in [0.717, 1.165) is 16.5 Å². The Hall–Kier alpha value is -3.08. The Labute approximate surface area is 187 Å². The molecule has 1 saturated heterocycles.